The van der Waals surface area contributed by atoms with Gasteiger partial charge in [0.1, 0.15) is 0 Å². The van der Waals surface area contributed by atoms with Gasteiger partial charge in [-0.3, -0.25) is 9.10 Å². The zero-order valence-corrected chi connectivity index (χ0v) is 15.7. The summed E-state index contributed by atoms with van der Waals surface area (Å²) >= 11 is 1.70. The van der Waals surface area contributed by atoms with Gasteiger partial charge in [-0.1, -0.05) is 19.1 Å². The Morgan fingerprint density at radius 2 is 1.84 bits per heavy atom. The highest BCUT2D eigenvalue weighted by atomic mass is 32.2. The number of carbonyl (C=O) groups is 1. The van der Waals surface area contributed by atoms with E-state index in [4.69, 9.17) is 0 Å². The first-order valence-electron chi connectivity index (χ1n) is 8.04. The fourth-order valence-electron chi connectivity index (χ4n) is 2.75. The van der Waals surface area contributed by atoms with Crippen molar-refractivity contribution in [1.82, 2.24) is 0 Å². The number of anilines is 2. The van der Waals surface area contributed by atoms with Crippen LogP contribution in [0.3, 0.4) is 0 Å². The van der Waals surface area contributed by atoms with E-state index in [0.717, 1.165) is 17.0 Å². The van der Waals surface area contributed by atoms with Crippen LogP contribution in [0.1, 0.15) is 20.3 Å². The maximum Gasteiger partial charge on any atom is 0.264 e. The molecule has 0 bridgehead atoms. The summed E-state index contributed by atoms with van der Waals surface area (Å²) in [5, 5.41) is 2.99. The number of rotatable bonds is 3. The Hall–Kier alpha value is -1.99. The summed E-state index contributed by atoms with van der Waals surface area (Å²) in [6.07, 6.45) is 0.780. The van der Waals surface area contributed by atoms with Gasteiger partial charge in [0.15, 0.2) is 0 Å². The zero-order chi connectivity index (χ0) is 18.0. The van der Waals surface area contributed by atoms with Gasteiger partial charge < -0.3 is 5.32 Å². The third-order valence-electron chi connectivity index (χ3n) is 3.96. The molecule has 25 heavy (non-hydrogen) atoms. The van der Waals surface area contributed by atoms with E-state index in [0.29, 0.717) is 17.5 Å². The van der Waals surface area contributed by atoms with E-state index in [1.54, 1.807) is 23.9 Å². The van der Waals surface area contributed by atoms with E-state index < -0.39 is 10.0 Å². The van der Waals surface area contributed by atoms with Crippen LogP contribution in [-0.2, 0) is 14.8 Å². The highest BCUT2D eigenvalue weighted by Gasteiger charge is 2.29. The van der Waals surface area contributed by atoms with Crippen LogP contribution in [0.25, 0.3) is 0 Å². The molecule has 0 aromatic heterocycles. The Morgan fingerprint density at radius 3 is 2.52 bits per heavy atom. The molecule has 0 spiro atoms. The van der Waals surface area contributed by atoms with E-state index >= 15 is 0 Å². The second-order valence-corrected chi connectivity index (χ2v) is 9.31. The van der Waals surface area contributed by atoms with Gasteiger partial charge in [0.05, 0.1) is 10.6 Å². The van der Waals surface area contributed by atoms with Crippen LogP contribution in [0.2, 0.25) is 0 Å². The molecule has 2 aromatic rings. The molecule has 0 fully saturated rings. The minimum atomic E-state index is -3.66. The molecule has 0 radical (unpaired) electrons. The molecule has 1 heterocycles. The van der Waals surface area contributed by atoms with Crippen LogP contribution >= 0.6 is 11.8 Å². The summed E-state index contributed by atoms with van der Waals surface area (Å²) in [6, 6.07) is 13.9. The van der Waals surface area contributed by atoms with Gasteiger partial charge in [-0.2, -0.15) is 0 Å². The lowest BCUT2D eigenvalue weighted by Crippen LogP contribution is -2.32. The number of para-hydroxylation sites is 1. The van der Waals surface area contributed by atoms with E-state index in [2.05, 4.69) is 12.2 Å². The average molecular weight is 377 g/mol. The molecular weight excluding hydrogens is 356 g/mol. The largest absolute Gasteiger partial charge is 0.326 e. The van der Waals surface area contributed by atoms with Crippen LogP contribution in [0, 0.1) is 0 Å². The Balaban J connectivity index is 1.98. The number of hydrogen-bond acceptors (Lipinski definition) is 4. The predicted octanol–water partition coefficient (Wildman–Crippen LogP) is 3.72. The van der Waals surface area contributed by atoms with Gasteiger partial charge in [0.25, 0.3) is 10.0 Å². The fourth-order valence-corrected chi connectivity index (χ4v) is 5.42. The van der Waals surface area contributed by atoms with Gasteiger partial charge in [-0.25, -0.2) is 8.42 Å². The number of carbonyl (C=O) groups excluding carboxylic acids is 1. The summed E-state index contributed by atoms with van der Waals surface area (Å²) in [6.45, 7) is 3.97. The van der Waals surface area contributed by atoms with E-state index in [-0.39, 0.29) is 10.8 Å². The van der Waals surface area contributed by atoms with Crippen LogP contribution in [-0.4, -0.2) is 26.1 Å². The van der Waals surface area contributed by atoms with Gasteiger partial charge in [-0.05, 0) is 42.8 Å². The van der Waals surface area contributed by atoms with Crippen LogP contribution in [0.5, 0.6) is 0 Å². The van der Waals surface area contributed by atoms with Gasteiger partial charge in [0.2, 0.25) is 5.91 Å². The molecular formula is C18H20N2O3S2. The molecule has 1 aliphatic rings. The summed E-state index contributed by atoms with van der Waals surface area (Å²) in [7, 11) is -3.66. The number of sulfonamides is 1. The number of fused-ring (bicyclic) bond motifs is 1. The van der Waals surface area contributed by atoms with Crippen molar-refractivity contribution in [2.45, 2.75) is 35.3 Å². The van der Waals surface area contributed by atoms with Crippen molar-refractivity contribution in [3.05, 3.63) is 48.5 Å². The van der Waals surface area contributed by atoms with Crippen LogP contribution < -0.4 is 9.62 Å². The van der Waals surface area contributed by atoms with Gasteiger partial charge in [0, 0.05) is 29.3 Å². The molecule has 1 aliphatic heterocycles. The predicted molar refractivity (Wildman–Crippen MR) is 102 cm³/mol. The van der Waals surface area contributed by atoms with Crippen molar-refractivity contribution in [2.24, 2.45) is 0 Å². The van der Waals surface area contributed by atoms with Crippen LogP contribution in [0.4, 0.5) is 11.4 Å². The molecule has 0 saturated heterocycles. The molecule has 3 rings (SSSR count). The summed E-state index contributed by atoms with van der Waals surface area (Å²) in [5.74, 6) is -0.192. The topological polar surface area (TPSA) is 66.5 Å². The number of thioether (sulfide) groups is 1. The van der Waals surface area contributed by atoms with Gasteiger partial charge >= 0.3 is 0 Å². The summed E-state index contributed by atoms with van der Waals surface area (Å²) < 4.78 is 27.8. The van der Waals surface area contributed by atoms with Crippen LogP contribution in [0.15, 0.2) is 58.3 Å². The van der Waals surface area contributed by atoms with Crippen molar-refractivity contribution in [3.8, 4) is 0 Å². The zero-order valence-electron chi connectivity index (χ0n) is 14.1. The summed E-state index contributed by atoms with van der Waals surface area (Å²) in [5.41, 5.74) is 1.30. The van der Waals surface area contributed by atoms with Gasteiger partial charge in [-0.15, -0.1) is 11.8 Å². The minimum absolute atomic E-state index is 0.192. The molecule has 1 amide bonds. The average Bonchev–Trinajstić information content (AvgIpc) is 2.73. The first-order valence-corrected chi connectivity index (χ1v) is 10.4. The molecule has 1 unspecified atom stereocenters. The Morgan fingerprint density at radius 1 is 1.16 bits per heavy atom. The number of nitrogens with zero attached hydrogens (tertiary/aromatic N) is 1. The van der Waals surface area contributed by atoms with E-state index in [9.17, 15) is 13.2 Å². The summed E-state index contributed by atoms with van der Waals surface area (Å²) in [4.78, 5) is 12.3. The molecule has 1 atom stereocenters. The monoisotopic (exact) mass is 376 g/mol. The molecule has 1 N–H and O–H groups in total. The Kier molecular flexibility index (Phi) is 5.06. The number of benzene rings is 2. The Labute approximate surface area is 152 Å². The molecule has 0 saturated carbocycles. The maximum absolute atomic E-state index is 13.2. The Bertz CT molecular complexity index is 879. The van der Waals surface area contributed by atoms with E-state index in [1.165, 1.54) is 23.4 Å². The fraction of sp³-hybridized carbons (Fsp3) is 0.278. The van der Waals surface area contributed by atoms with Crippen molar-refractivity contribution >= 4 is 39.1 Å². The first kappa shape index (κ1) is 17.8. The molecule has 0 aliphatic carbocycles. The normalized spacial score (nSPS) is 17.5. The molecule has 5 nitrogen and oxygen atoms in total. The number of hydrogen-bond donors (Lipinski definition) is 1. The molecule has 7 heteroatoms. The van der Waals surface area contributed by atoms with Crippen molar-refractivity contribution < 1.29 is 13.2 Å². The molecule has 132 valence electrons. The lowest BCUT2D eigenvalue weighted by molar-refractivity contribution is -0.114. The quantitative estimate of drug-likeness (QED) is 0.886. The van der Waals surface area contributed by atoms with Crippen molar-refractivity contribution in [1.29, 1.82) is 0 Å². The van der Waals surface area contributed by atoms with Crippen molar-refractivity contribution in [3.63, 3.8) is 0 Å². The second-order valence-electron chi connectivity index (χ2n) is 5.97. The van der Waals surface area contributed by atoms with Crippen molar-refractivity contribution in [2.75, 3.05) is 16.2 Å². The molecule has 2 aromatic carbocycles. The maximum atomic E-state index is 13.2. The highest BCUT2D eigenvalue weighted by molar-refractivity contribution is 8.00. The minimum Gasteiger partial charge on any atom is -0.326 e. The number of nitrogens with one attached hydrogen (secondary N) is 1. The second kappa shape index (κ2) is 7.09. The number of amides is 1. The highest BCUT2D eigenvalue weighted by Crippen LogP contribution is 2.39. The standard InChI is InChI=1S/C18H20N2O3S2/c1-13-11-12-20(17-5-3-4-6-18(17)24-13)25(22,23)16-9-7-15(8-10-16)19-14(2)21/h3-10,13H,11-12H2,1-2H3,(H,19,21). The third kappa shape index (κ3) is 3.82. The smallest absolute Gasteiger partial charge is 0.264 e. The lowest BCUT2D eigenvalue weighted by Gasteiger charge is -2.24. The lowest BCUT2D eigenvalue weighted by atomic mass is 10.3. The van der Waals surface area contributed by atoms with E-state index in [1.807, 2.05) is 24.3 Å². The third-order valence-corrected chi connectivity index (χ3v) is 7.03. The SMILES string of the molecule is CC(=O)Nc1ccc(S(=O)(=O)N2CCC(C)Sc3ccccc32)cc1. The first-order chi connectivity index (χ1) is 11.9.